The zero-order chi connectivity index (χ0) is 21.4. The van der Waals surface area contributed by atoms with E-state index in [1.54, 1.807) is 13.3 Å². The summed E-state index contributed by atoms with van der Waals surface area (Å²) in [4.78, 5) is 20.6. The van der Waals surface area contributed by atoms with Crippen LogP contribution in [0.15, 0.2) is 36.5 Å². The number of pyridine rings is 1. The van der Waals surface area contributed by atoms with Gasteiger partial charge in [0.25, 0.3) is 0 Å². The number of halogens is 2. The molecular formula is C22H24F2N6O. The molecule has 162 valence electrons. The first-order valence-corrected chi connectivity index (χ1v) is 10.4. The van der Waals surface area contributed by atoms with Crippen molar-refractivity contribution in [2.45, 2.75) is 12.6 Å². The molecule has 2 fully saturated rings. The van der Waals surface area contributed by atoms with E-state index in [9.17, 15) is 8.78 Å². The molecule has 2 saturated heterocycles. The van der Waals surface area contributed by atoms with E-state index in [0.717, 1.165) is 62.2 Å². The zero-order valence-electron chi connectivity index (χ0n) is 17.3. The molecular weight excluding hydrogens is 402 g/mol. The van der Waals surface area contributed by atoms with Gasteiger partial charge in [-0.05, 0) is 18.2 Å². The average Bonchev–Trinajstić information content (AvgIpc) is 2.75. The van der Waals surface area contributed by atoms with Crippen LogP contribution in [0.4, 0.5) is 20.5 Å². The molecule has 3 aromatic rings. The topological polar surface area (TPSA) is 57.6 Å². The van der Waals surface area contributed by atoms with Crippen LogP contribution in [0.25, 0.3) is 11.0 Å². The summed E-state index contributed by atoms with van der Waals surface area (Å²) in [6, 6.07) is 7.60. The van der Waals surface area contributed by atoms with Crippen molar-refractivity contribution in [3.63, 3.8) is 0 Å². The number of hydrogen-bond acceptors (Lipinski definition) is 7. The number of piperazine rings is 1. The van der Waals surface area contributed by atoms with Crippen molar-refractivity contribution in [2.75, 3.05) is 56.2 Å². The summed E-state index contributed by atoms with van der Waals surface area (Å²) in [6.07, 6.45) is 1.97. The number of anilines is 2. The molecule has 0 bridgehead atoms. The Bertz CT molecular complexity index is 1080. The van der Waals surface area contributed by atoms with Crippen LogP contribution in [-0.2, 0) is 11.3 Å². The molecule has 0 atom stereocenters. The monoisotopic (exact) mass is 426 g/mol. The predicted molar refractivity (Wildman–Crippen MR) is 114 cm³/mol. The van der Waals surface area contributed by atoms with Crippen LogP contribution in [0, 0.1) is 11.6 Å². The highest BCUT2D eigenvalue weighted by Gasteiger charge is 2.30. The number of benzene rings is 1. The van der Waals surface area contributed by atoms with Crippen molar-refractivity contribution in [2.24, 2.45) is 0 Å². The van der Waals surface area contributed by atoms with E-state index in [-0.39, 0.29) is 6.10 Å². The predicted octanol–water partition coefficient (Wildman–Crippen LogP) is 2.46. The lowest BCUT2D eigenvalue weighted by atomic mass is 10.1. The number of methoxy groups -OCH3 is 1. The van der Waals surface area contributed by atoms with Crippen molar-refractivity contribution < 1.29 is 13.5 Å². The van der Waals surface area contributed by atoms with Gasteiger partial charge in [0.2, 0.25) is 5.95 Å². The number of aromatic nitrogens is 3. The molecule has 9 heteroatoms. The van der Waals surface area contributed by atoms with Crippen molar-refractivity contribution in [3.8, 4) is 0 Å². The Morgan fingerprint density at radius 1 is 1.03 bits per heavy atom. The van der Waals surface area contributed by atoms with Gasteiger partial charge in [0.1, 0.15) is 17.2 Å². The van der Waals surface area contributed by atoms with Gasteiger partial charge in [-0.15, -0.1) is 0 Å². The average molecular weight is 426 g/mol. The second-order valence-corrected chi connectivity index (χ2v) is 7.98. The van der Waals surface area contributed by atoms with Gasteiger partial charge in [0, 0.05) is 70.7 Å². The quantitative estimate of drug-likeness (QED) is 0.621. The number of fused-ring (bicyclic) bond motifs is 1. The van der Waals surface area contributed by atoms with Crippen LogP contribution in [0.3, 0.4) is 0 Å². The van der Waals surface area contributed by atoms with Crippen LogP contribution in [-0.4, -0.2) is 72.3 Å². The second-order valence-electron chi connectivity index (χ2n) is 7.98. The van der Waals surface area contributed by atoms with Gasteiger partial charge in [-0.2, -0.15) is 4.98 Å². The Balaban J connectivity index is 1.33. The van der Waals surface area contributed by atoms with Gasteiger partial charge in [-0.3, -0.25) is 9.88 Å². The Morgan fingerprint density at radius 3 is 2.58 bits per heavy atom. The highest BCUT2D eigenvalue weighted by atomic mass is 19.1. The molecule has 4 heterocycles. The van der Waals surface area contributed by atoms with Gasteiger partial charge in [0.05, 0.1) is 11.6 Å². The first-order valence-electron chi connectivity index (χ1n) is 10.4. The SMILES string of the molecule is COC1CN(c2nc(N3CCN(Cc4ccc(F)cc4F)CC3)c3ncccc3n2)C1. The Kier molecular flexibility index (Phi) is 5.37. The first-order chi connectivity index (χ1) is 15.1. The summed E-state index contributed by atoms with van der Waals surface area (Å²) in [5.41, 5.74) is 2.11. The number of nitrogens with zero attached hydrogens (tertiary/aromatic N) is 6. The maximum absolute atomic E-state index is 14.0. The molecule has 0 aliphatic carbocycles. The summed E-state index contributed by atoms with van der Waals surface area (Å²) in [5, 5.41) is 0. The molecule has 0 radical (unpaired) electrons. The van der Waals surface area contributed by atoms with Crippen LogP contribution in [0.1, 0.15) is 5.56 Å². The van der Waals surface area contributed by atoms with Crippen LogP contribution < -0.4 is 9.80 Å². The third-order valence-electron chi connectivity index (χ3n) is 5.97. The normalized spacial score (nSPS) is 17.9. The summed E-state index contributed by atoms with van der Waals surface area (Å²) < 4.78 is 32.6. The van der Waals surface area contributed by atoms with Gasteiger partial charge < -0.3 is 14.5 Å². The third-order valence-corrected chi connectivity index (χ3v) is 5.97. The fraction of sp³-hybridized carbons (Fsp3) is 0.409. The fourth-order valence-corrected chi connectivity index (χ4v) is 4.06. The summed E-state index contributed by atoms with van der Waals surface area (Å²) >= 11 is 0. The number of ether oxygens (including phenoxy) is 1. The molecule has 2 aliphatic heterocycles. The molecule has 0 amide bonds. The Labute approximate surface area is 179 Å². The number of rotatable bonds is 5. The smallest absolute Gasteiger partial charge is 0.228 e. The summed E-state index contributed by atoms with van der Waals surface area (Å²) in [6.45, 7) is 4.99. The van der Waals surface area contributed by atoms with Crippen molar-refractivity contribution in [3.05, 3.63) is 53.7 Å². The molecule has 7 nitrogen and oxygen atoms in total. The third kappa shape index (κ3) is 4.03. The van der Waals surface area contributed by atoms with Gasteiger partial charge in [-0.1, -0.05) is 6.07 Å². The van der Waals surface area contributed by atoms with E-state index >= 15 is 0 Å². The van der Waals surface area contributed by atoms with E-state index in [0.29, 0.717) is 18.1 Å². The minimum Gasteiger partial charge on any atom is -0.378 e. The molecule has 0 spiro atoms. The van der Waals surface area contributed by atoms with Crippen molar-refractivity contribution in [1.82, 2.24) is 19.9 Å². The first kappa shape index (κ1) is 20.0. The van der Waals surface area contributed by atoms with E-state index in [2.05, 4.69) is 19.7 Å². The molecule has 0 N–H and O–H groups in total. The highest BCUT2D eigenvalue weighted by Crippen LogP contribution is 2.28. The largest absolute Gasteiger partial charge is 0.378 e. The highest BCUT2D eigenvalue weighted by molar-refractivity contribution is 5.86. The lowest BCUT2D eigenvalue weighted by molar-refractivity contribution is 0.0778. The van der Waals surface area contributed by atoms with E-state index in [4.69, 9.17) is 14.7 Å². The molecule has 1 aromatic carbocycles. The van der Waals surface area contributed by atoms with Crippen LogP contribution >= 0.6 is 0 Å². The maximum Gasteiger partial charge on any atom is 0.228 e. The Morgan fingerprint density at radius 2 is 1.84 bits per heavy atom. The van der Waals surface area contributed by atoms with Crippen LogP contribution in [0.5, 0.6) is 0 Å². The lowest BCUT2D eigenvalue weighted by Gasteiger charge is -2.39. The van der Waals surface area contributed by atoms with E-state index in [1.165, 1.54) is 12.1 Å². The lowest BCUT2D eigenvalue weighted by Crippen LogP contribution is -2.52. The van der Waals surface area contributed by atoms with E-state index < -0.39 is 11.6 Å². The van der Waals surface area contributed by atoms with Crippen LogP contribution in [0.2, 0.25) is 0 Å². The zero-order valence-corrected chi connectivity index (χ0v) is 17.3. The minimum absolute atomic E-state index is 0.215. The number of hydrogen-bond donors (Lipinski definition) is 0. The minimum atomic E-state index is -0.552. The molecule has 0 unspecified atom stereocenters. The molecule has 5 rings (SSSR count). The molecule has 2 aromatic heterocycles. The Hall–Kier alpha value is -2.91. The van der Waals surface area contributed by atoms with Gasteiger partial charge in [-0.25, -0.2) is 13.8 Å². The standard InChI is InChI=1S/C22H24F2N6O/c1-31-17-13-30(14-17)22-26-19-3-2-6-25-20(19)21(27-22)29-9-7-28(8-10-29)12-15-4-5-16(23)11-18(15)24/h2-6,11,17H,7-10,12-14H2,1H3. The van der Waals surface area contributed by atoms with Gasteiger partial charge >= 0.3 is 0 Å². The molecule has 0 saturated carbocycles. The maximum atomic E-state index is 14.0. The summed E-state index contributed by atoms with van der Waals surface area (Å²) in [7, 11) is 1.72. The molecule has 31 heavy (non-hydrogen) atoms. The molecule has 2 aliphatic rings. The van der Waals surface area contributed by atoms with Crippen molar-refractivity contribution in [1.29, 1.82) is 0 Å². The summed E-state index contributed by atoms with van der Waals surface area (Å²) in [5.74, 6) is 0.472. The van der Waals surface area contributed by atoms with Gasteiger partial charge in [0.15, 0.2) is 5.82 Å². The van der Waals surface area contributed by atoms with Crippen molar-refractivity contribution >= 4 is 22.8 Å². The second kappa shape index (κ2) is 8.32. The fourth-order valence-electron chi connectivity index (χ4n) is 4.06. The van der Waals surface area contributed by atoms with E-state index in [1.807, 2.05) is 12.1 Å².